The van der Waals surface area contributed by atoms with Crippen LogP contribution in [0.3, 0.4) is 0 Å². The second kappa shape index (κ2) is 8.22. The number of hydrogen-bond donors (Lipinski definition) is 2. The molecule has 0 aliphatic rings. The van der Waals surface area contributed by atoms with Gasteiger partial charge in [-0.15, -0.1) is 0 Å². The highest BCUT2D eigenvalue weighted by molar-refractivity contribution is 7.91. The monoisotopic (exact) mass is 396 g/mol. The number of carbonyl (C=O) groups is 2. The zero-order valence-electron chi connectivity index (χ0n) is 15.0. The van der Waals surface area contributed by atoms with Gasteiger partial charge >= 0.3 is 0 Å². The summed E-state index contributed by atoms with van der Waals surface area (Å²) in [5, 5.41) is 4.42. The summed E-state index contributed by atoms with van der Waals surface area (Å²) in [5.41, 5.74) is 5.74. The van der Waals surface area contributed by atoms with Crippen molar-refractivity contribution in [2.45, 2.75) is 17.4 Å². The number of carbonyl (C=O) groups excluding carboxylic acids is 2. The largest absolute Gasteiger partial charge is 0.368 e. The van der Waals surface area contributed by atoms with E-state index in [1.807, 2.05) is 30.3 Å². The van der Waals surface area contributed by atoms with Crippen molar-refractivity contribution in [2.24, 2.45) is 5.73 Å². The first-order valence-corrected chi connectivity index (χ1v) is 10.4. The molecule has 3 rings (SSSR count). The van der Waals surface area contributed by atoms with Gasteiger partial charge in [-0.3, -0.25) is 9.59 Å². The van der Waals surface area contributed by atoms with E-state index in [-0.39, 0.29) is 17.1 Å². The molecule has 3 aromatic rings. The van der Waals surface area contributed by atoms with Crippen LogP contribution < -0.4 is 11.1 Å². The molecule has 3 aromatic carbocycles. The Bertz CT molecular complexity index is 1110. The molecule has 0 heterocycles. The van der Waals surface area contributed by atoms with Crippen LogP contribution in [0.2, 0.25) is 0 Å². The molecule has 0 spiro atoms. The average Bonchev–Trinajstić information content (AvgIpc) is 2.71. The quantitative estimate of drug-likeness (QED) is 0.639. The van der Waals surface area contributed by atoms with Gasteiger partial charge in [-0.25, -0.2) is 8.42 Å². The van der Waals surface area contributed by atoms with Gasteiger partial charge in [0.1, 0.15) is 6.04 Å². The highest BCUT2D eigenvalue weighted by Crippen LogP contribution is 2.16. The number of nitrogens with one attached hydrogen (secondary N) is 1. The van der Waals surface area contributed by atoms with E-state index < -0.39 is 27.7 Å². The van der Waals surface area contributed by atoms with Crippen molar-refractivity contribution in [3.05, 3.63) is 78.4 Å². The molecule has 0 aromatic heterocycles. The van der Waals surface area contributed by atoms with Crippen molar-refractivity contribution >= 4 is 32.4 Å². The summed E-state index contributed by atoms with van der Waals surface area (Å²) in [6, 6.07) is 19.6. The van der Waals surface area contributed by atoms with Crippen LogP contribution in [0, 0.1) is 0 Å². The lowest BCUT2D eigenvalue weighted by Crippen LogP contribution is -2.45. The van der Waals surface area contributed by atoms with Crippen molar-refractivity contribution < 1.29 is 18.0 Å². The van der Waals surface area contributed by atoms with E-state index in [9.17, 15) is 18.0 Å². The van der Waals surface area contributed by atoms with E-state index in [1.54, 1.807) is 30.3 Å². The Balaban J connectivity index is 1.71. The third-order valence-corrected chi connectivity index (χ3v) is 6.20. The predicted molar refractivity (Wildman–Crippen MR) is 108 cm³/mol. The Morgan fingerprint density at radius 1 is 0.893 bits per heavy atom. The molecule has 0 aliphatic carbocycles. The molecule has 7 heteroatoms. The third-order valence-electron chi connectivity index (χ3n) is 4.44. The predicted octanol–water partition coefficient (Wildman–Crippen LogP) is 2.29. The molecule has 3 N–H and O–H groups in total. The van der Waals surface area contributed by atoms with Gasteiger partial charge in [-0.2, -0.15) is 0 Å². The van der Waals surface area contributed by atoms with Crippen molar-refractivity contribution in [1.82, 2.24) is 5.32 Å². The fraction of sp³-hybridized carbons (Fsp3) is 0.143. The van der Waals surface area contributed by atoms with Crippen LogP contribution in [0.1, 0.15) is 16.8 Å². The molecule has 0 radical (unpaired) electrons. The number of primary amides is 1. The number of rotatable bonds is 7. The Hall–Kier alpha value is -3.19. The summed E-state index contributed by atoms with van der Waals surface area (Å²) in [4.78, 5) is 24.4. The first-order chi connectivity index (χ1) is 13.4. The molecule has 0 aliphatic heterocycles. The number of amides is 2. The molecular weight excluding hydrogens is 376 g/mol. The van der Waals surface area contributed by atoms with Crippen LogP contribution in [-0.2, 0) is 14.6 Å². The zero-order chi connectivity index (χ0) is 20.1. The number of benzene rings is 3. The summed E-state index contributed by atoms with van der Waals surface area (Å²) in [5.74, 6) is -1.56. The van der Waals surface area contributed by atoms with E-state index in [1.165, 1.54) is 12.1 Å². The molecule has 28 heavy (non-hydrogen) atoms. The minimum Gasteiger partial charge on any atom is -0.368 e. The van der Waals surface area contributed by atoms with Gasteiger partial charge in [0.25, 0.3) is 5.91 Å². The van der Waals surface area contributed by atoms with Gasteiger partial charge in [0.2, 0.25) is 5.91 Å². The molecule has 6 nitrogen and oxygen atoms in total. The lowest BCUT2D eigenvalue weighted by Gasteiger charge is -2.16. The van der Waals surface area contributed by atoms with Crippen LogP contribution >= 0.6 is 0 Å². The SMILES string of the molecule is NC(=O)[C@@H](CCS(=O)(=O)c1ccccc1)NC(=O)c1ccc2ccccc2c1. The molecule has 0 fully saturated rings. The molecule has 1 atom stereocenters. The molecule has 144 valence electrons. The summed E-state index contributed by atoms with van der Waals surface area (Å²) < 4.78 is 24.8. The first kappa shape index (κ1) is 19.6. The summed E-state index contributed by atoms with van der Waals surface area (Å²) in [6.45, 7) is 0. The van der Waals surface area contributed by atoms with Crippen LogP contribution in [0.15, 0.2) is 77.7 Å². The zero-order valence-corrected chi connectivity index (χ0v) is 15.9. The van der Waals surface area contributed by atoms with Gasteiger partial charge < -0.3 is 11.1 Å². The van der Waals surface area contributed by atoms with E-state index in [2.05, 4.69) is 5.32 Å². The van der Waals surface area contributed by atoms with E-state index in [0.29, 0.717) is 5.56 Å². The highest BCUT2D eigenvalue weighted by Gasteiger charge is 2.23. The topological polar surface area (TPSA) is 106 Å². The van der Waals surface area contributed by atoms with Gasteiger partial charge in [0, 0.05) is 5.56 Å². The van der Waals surface area contributed by atoms with Crippen LogP contribution in [0.5, 0.6) is 0 Å². The van der Waals surface area contributed by atoms with Crippen molar-refractivity contribution in [2.75, 3.05) is 5.75 Å². The summed E-state index contributed by atoms with van der Waals surface area (Å²) in [7, 11) is -3.58. The Labute approximate surface area is 163 Å². The third kappa shape index (κ3) is 4.55. The Kier molecular flexibility index (Phi) is 5.75. The number of sulfone groups is 1. The van der Waals surface area contributed by atoms with Crippen molar-refractivity contribution in [3.8, 4) is 0 Å². The maximum Gasteiger partial charge on any atom is 0.251 e. The lowest BCUT2D eigenvalue weighted by atomic mass is 10.1. The van der Waals surface area contributed by atoms with Crippen LogP contribution in [-0.4, -0.2) is 32.0 Å². The summed E-state index contributed by atoms with van der Waals surface area (Å²) in [6.07, 6.45) is -0.105. The van der Waals surface area contributed by atoms with Crippen LogP contribution in [0.4, 0.5) is 0 Å². The number of nitrogens with two attached hydrogens (primary N) is 1. The fourth-order valence-corrected chi connectivity index (χ4v) is 4.23. The van der Waals surface area contributed by atoms with E-state index in [4.69, 9.17) is 5.73 Å². The van der Waals surface area contributed by atoms with E-state index >= 15 is 0 Å². The Morgan fingerprint density at radius 3 is 2.21 bits per heavy atom. The smallest absolute Gasteiger partial charge is 0.251 e. The van der Waals surface area contributed by atoms with Gasteiger partial charge in [-0.05, 0) is 41.5 Å². The van der Waals surface area contributed by atoms with Crippen molar-refractivity contribution in [3.63, 3.8) is 0 Å². The van der Waals surface area contributed by atoms with Gasteiger partial charge in [-0.1, -0.05) is 48.5 Å². The lowest BCUT2D eigenvalue weighted by molar-refractivity contribution is -0.119. The van der Waals surface area contributed by atoms with Gasteiger partial charge in [0.15, 0.2) is 9.84 Å². The molecule has 0 saturated heterocycles. The maximum absolute atomic E-state index is 12.5. The van der Waals surface area contributed by atoms with Crippen molar-refractivity contribution in [1.29, 1.82) is 0 Å². The molecule has 0 saturated carbocycles. The first-order valence-electron chi connectivity index (χ1n) is 8.73. The normalized spacial score (nSPS) is 12.4. The molecule has 0 bridgehead atoms. The second-order valence-corrected chi connectivity index (χ2v) is 8.52. The number of hydrogen-bond acceptors (Lipinski definition) is 4. The minimum atomic E-state index is -3.58. The fourth-order valence-electron chi connectivity index (χ4n) is 2.88. The van der Waals surface area contributed by atoms with E-state index in [0.717, 1.165) is 10.8 Å². The van der Waals surface area contributed by atoms with Gasteiger partial charge in [0.05, 0.1) is 10.6 Å². The summed E-state index contributed by atoms with van der Waals surface area (Å²) >= 11 is 0. The second-order valence-electron chi connectivity index (χ2n) is 6.41. The average molecular weight is 396 g/mol. The standard InChI is InChI=1S/C21H20N2O4S/c22-20(24)19(12-13-28(26,27)18-8-2-1-3-9-18)23-21(25)17-11-10-15-6-4-5-7-16(15)14-17/h1-11,14,19H,12-13H2,(H2,22,24)(H,23,25)/t19-/m1/s1. The molecule has 2 amide bonds. The Morgan fingerprint density at radius 2 is 1.54 bits per heavy atom. The molecule has 0 unspecified atom stereocenters. The number of fused-ring (bicyclic) bond motifs is 1. The van der Waals surface area contributed by atoms with Crippen LogP contribution in [0.25, 0.3) is 10.8 Å². The minimum absolute atomic E-state index is 0.105. The molecular formula is C21H20N2O4S. The maximum atomic E-state index is 12.5. The highest BCUT2D eigenvalue weighted by atomic mass is 32.2.